The van der Waals surface area contributed by atoms with Crippen molar-refractivity contribution in [3.05, 3.63) is 65.2 Å². The van der Waals surface area contributed by atoms with Crippen LogP contribution in [0, 0.1) is 0 Å². The average Bonchev–Trinajstić information content (AvgIpc) is 2.66. The number of nitrogens with one attached hydrogen (secondary N) is 1. The minimum atomic E-state index is -0.0988. The van der Waals surface area contributed by atoms with Crippen LogP contribution >= 0.6 is 0 Å². The van der Waals surface area contributed by atoms with Gasteiger partial charge in [0.2, 0.25) is 0 Å². The maximum Gasteiger partial charge on any atom is 0.317 e. The minimum absolute atomic E-state index is 0.0339. The van der Waals surface area contributed by atoms with Crippen LogP contribution in [0.5, 0.6) is 5.75 Å². The highest BCUT2D eigenvalue weighted by atomic mass is 16.5. The van der Waals surface area contributed by atoms with E-state index in [9.17, 15) is 4.79 Å². The average molecular weight is 340 g/mol. The summed E-state index contributed by atoms with van der Waals surface area (Å²) < 4.78 is 11.0. The molecule has 1 atom stereocenters. The molecule has 0 spiro atoms. The Bertz CT molecular complexity index is 715. The molecule has 5 heteroatoms. The lowest BCUT2D eigenvalue weighted by atomic mass is 9.99. The van der Waals surface area contributed by atoms with E-state index in [1.807, 2.05) is 36.4 Å². The molecule has 1 heterocycles. The Morgan fingerprint density at radius 1 is 1.20 bits per heavy atom. The highest BCUT2D eigenvalue weighted by Crippen LogP contribution is 2.20. The number of carbonyl (C=O) groups is 1. The van der Waals surface area contributed by atoms with Crippen LogP contribution in [-0.2, 0) is 24.3 Å². The Kier molecular flexibility index (Phi) is 5.56. The van der Waals surface area contributed by atoms with Crippen molar-refractivity contribution in [1.82, 2.24) is 10.2 Å². The zero-order valence-corrected chi connectivity index (χ0v) is 14.7. The number of hydrogen-bond acceptors (Lipinski definition) is 3. The van der Waals surface area contributed by atoms with Crippen LogP contribution in [0.3, 0.4) is 0 Å². The van der Waals surface area contributed by atoms with E-state index < -0.39 is 0 Å². The van der Waals surface area contributed by atoms with Gasteiger partial charge in [-0.1, -0.05) is 36.4 Å². The normalized spacial score (nSPS) is 16.0. The molecule has 0 unspecified atom stereocenters. The van der Waals surface area contributed by atoms with Crippen molar-refractivity contribution in [3.8, 4) is 5.75 Å². The van der Waals surface area contributed by atoms with Gasteiger partial charge in [-0.3, -0.25) is 0 Å². The Morgan fingerprint density at radius 2 is 1.92 bits per heavy atom. The standard InChI is InChI=1S/C20H24N2O3/c1-22(13-19-11-16-5-3-4-6-17(16)14-25-19)20(23)21-12-15-7-9-18(24-2)10-8-15/h3-10,19H,11-14H2,1-2H3,(H,21,23)/t19-/m0/s1. The summed E-state index contributed by atoms with van der Waals surface area (Å²) in [5.41, 5.74) is 3.58. The van der Waals surface area contributed by atoms with Crippen LogP contribution in [0.15, 0.2) is 48.5 Å². The second-order valence-electron chi connectivity index (χ2n) is 6.29. The fourth-order valence-corrected chi connectivity index (χ4v) is 2.97. The molecule has 2 amide bonds. The number of carbonyl (C=O) groups excluding carboxylic acids is 1. The molecule has 25 heavy (non-hydrogen) atoms. The minimum Gasteiger partial charge on any atom is -0.497 e. The lowest BCUT2D eigenvalue weighted by Crippen LogP contribution is -2.43. The van der Waals surface area contributed by atoms with Gasteiger partial charge in [0.1, 0.15) is 5.75 Å². The Balaban J connectivity index is 1.47. The highest BCUT2D eigenvalue weighted by molar-refractivity contribution is 5.73. The maximum atomic E-state index is 12.3. The number of benzene rings is 2. The van der Waals surface area contributed by atoms with E-state index in [2.05, 4.69) is 17.4 Å². The van der Waals surface area contributed by atoms with Crippen molar-refractivity contribution < 1.29 is 14.3 Å². The Morgan fingerprint density at radius 3 is 2.64 bits per heavy atom. The van der Waals surface area contributed by atoms with E-state index in [1.54, 1.807) is 19.1 Å². The predicted molar refractivity (Wildman–Crippen MR) is 96.6 cm³/mol. The summed E-state index contributed by atoms with van der Waals surface area (Å²) in [5.74, 6) is 0.807. The zero-order chi connectivity index (χ0) is 17.6. The zero-order valence-electron chi connectivity index (χ0n) is 14.7. The fraction of sp³-hybridized carbons (Fsp3) is 0.350. The number of amides is 2. The Hall–Kier alpha value is -2.53. The van der Waals surface area contributed by atoms with E-state index in [0.29, 0.717) is 19.7 Å². The number of likely N-dealkylation sites (N-methyl/N-ethyl adjacent to an activating group) is 1. The fourth-order valence-electron chi connectivity index (χ4n) is 2.97. The molecular formula is C20H24N2O3. The molecule has 0 saturated heterocycles. The molecule has 0 aliphatic carbocycles. The summed E-state index contributed by atoms with van der Waals surface area (Å²) in [6.07, 6.45) is 0.873. The molecule has 0 radical (unpaired) electrons. The van der Waals surface area contributed by atoms with Crippen LogP contribution < -0.4 is 10.1 Å². The monoisotopic (exact) mass is 340 g/mol. The third kappa shape index (κ3) is 4.51. The van der Waals surface area contributed by atoms with Crippen LogP contribution in [0.1, 0.15) is 16.7 Å². The largest absolute Gasteiger partial charge is 0.497 e. The highest BCUT2D eigenvalue weighted by Gasteiger charge is 2.21. The summed E-state index contributed by atoms with van der Waals surface area (Å²) in [5, 5.41) is 2.94. The third-order valence-electron chi connectivity index (χ3n) is 4.47. The summed E-state index contributed by atoms with van der Waals surface area (Å²) in [4.78, 5) is 14.0. The summed E-state index contributed by atoms with van der Waals surface area (Å²) in [6.45, 7) is 1.67. The third-order valence-corrected chi connectivity index (χ3v) is 4.47. The van der Waals surface area contributed by atoms with Crippen molar-refractivity contribution in [2.75, 3.05) is 20.7 Å². The first-order valence-corrected chi connectivity index (χ1v) is 8.46. The van der Waals surface area contributed by atoms with Gasteiger partial charge in [-0.2, -0.15) is 0 Å². The van der Waals surface area contributed by atoms with Gasteiger partial charge in [-0.15, -0.1) is 0 Å². The molecular weight excluding hydrogens is 316 g/mol. The number of urea groups is 1. The number of rotatable bonds is 5. The van der Waals surface area contributed by atoms with Crippen molar-refractivity contribution in [2.45, 2.75) is 25.7 Å². The van der Waals surface area contributed by atoms with Crippen LogP contribution in [-0.4, -0.2) is 37.7 Å². The second kappa shape index (κ2) is 8.03. The lowest BCUT2D eigenvalue weighted by molar-refractivity contribution is 0.0150. The van der Waals surface area contributed by atoms with Gasteiger partial charge in [0.05, 0.1) is 19.8 Å². The van der Waals surface area contributed by atoms with Gasteiger partial charge in [-0.05, 0) is 28.8 Å². The topological polar surface area (TPSA) is 50.8 Å². The van der Waals surface area contributed by atoms with E-state index in [4.69, 9.17) is 9.47 Å². The summed E-state index contributed by atoms with van der Waals surface area (Å²) in [6, 6.07) is 15.9. The molecule has 1 aliphatic rings. The Labute approximate surface area is 148 Å². The van der Waals surface area contributed by atoms with Crippen molar-refractivity contribution >= 4 is 6.03 Å². The van der Waals surface area contributed by atoms with Crippen LogP contribution in [0.25, 0.3) is 0 Å². The molecule has 2 aromatic rings. The van der Waals surface area contributed by atoms with E-state index >= 15 is 0 Å². The first-order valence-electron chi connectivity index (χ1n) is 8.46. The predicted octanol–water partition coefficient (Wildman–Crippen LogP) is 2.98. The molecule has 132 valence electrons. The van der Waals surface area contributed by atoms with E-state index in [0.717, 1.165) is 17.7 Å². The molecule has 0 aromatic heterocycles. The number of fused-ring (bicyclic) bond motifs is 1. The molecule has 3 rings (SSSR count). The summed E-state index contributed by atoms with van der Waals surface area (Å²) in [7, 11) is 3.44. The molecule has 5 nitrogen and oxygen atoms in total. The second-order valence-corrected chi connectivity index (χ2v) is 6.29. The van der Waals surface area contributed by atoms with Gasteiger partial charge >= 0.3 is 6.03 Å². The molecule has 0 saturated carbocycles. The number of nitrogens with zero attached hydrogens (tertiary/aromatic N) is 1. The first-order chi connectivity index (χ1) is 12.2. The molecule has 0 fully saturated rings. The molecule has 0 bridgehead atoms. The van der Waals surface area contributed by atoms with Gasteiger partial charge < -0.3 is 19.7 Å². The van der Waals surface area contributed by atoms with E-state index in [-0.39, 0.29) is 12.1 Å². The van der Waals surface area contributed by atoms with Gasteiger partial charge in [0.25, 0.3) is 0 Å². The smallest absolute Gasteiger partial charge is 0.317 e. The first kappa shape index (κ1) is 17.3. The summed E-state index contributed by atoms with van der Waals surface area (Å²) >= 11 is 0. The van der Waals surface area contributed by atoms with Gasteiger partial charge in [-0.25, -0.2) is 4.79 Å². The maximum absolute atomic E-state index is 12.3. The quantitative estimate of drug-likeness (QED) is 0.910. The van der Waals surface area contributed by atoms with Crippen molar-refractivity contribution in [1.29, 1.82) is 0 Å². The van der Waals surface area contributed by atoms with Crippen LogP contribution in [0.4, 0.5) is 4.79 Å². The van der Waals surface area contributed by atoms with Gasteiger partial charge in [0, 0.05) is 26.6 Å². The molecule has 1 aliphatic heterocycles. The van der Waals surface area contributed by atoms with Crippen molar-refractivity contribution in [2.24, 2.45) is 0 Å². The number of ether oxygens (including phenoxy) is 2. The van der Waals surface area contributed by atoms with Gasteiger partial charge in [0.15, 0.2) is 0 Å². The van der Waals surface area contributed by atoms with E-state index in [1.165, 1.54) is 11.1 Å². The van der Waals surface area contributed by atoms with Crippen LogP contribution in [0.2, 0.25) is 0 Å². The SMILES string of the molecule is COc1ccc(CNC(=O)N(C)C[C@@H]2Cc3ccccc3CO2)cc1. The number of hydrogen-bond donors (Lipinski definition) is 1. The molecule has 2 aromatic carbocycles. The molecule has 1 N–H and O–H groups in total. The number of methoxy groups -OCH3 is 1. The lowest BCUT2D eigenvalue weighted by Gasteiger charge is -2.29. The van der Waals surface area contributed by atoms with Crippen molar-refractivity contribution in [3.63, 3.8) is 0 Å².